The molecule has 0 aliphatic heterocycles. The Balaban J connectivity index is 1.87. The van der Waals surface area contributed by atoms with Crippen molar-refractivity contribution in [3.63, 3.8) is 0 Å². The van der Waals surface area contributed by atoms with Crippen molar-refractivity contribution in [3.05, 3.63) is 53.9 Å². The van der Waals surface area contributed by atoms with E-state index in [2.05, 4.69) is 25.4 Å². The lowest BCUT2D eigenvalue weighted by molar-refractivity contribution is -0.179. The lowest BCUT2D eigenvalue weighted by Crippen LogP contribution is -2.55. The van der Waals surface area contributed by atoms with Gasteiger partial charge in [-0.05, 0) is 66.2 Å². The van der Waals surface area contributed by atoms with Crippen molar-refractivity contribution in [1.29, 1.82) is 0 Å². The van der Waals surface area contributed by atoms with Gasteiger partial charge < -0.3 is 14.2 Å². The number of Topliss-reactive ketones (excluding diaryl/α,β-unsaturated/α-hetero) is 1. The van der Waals surface area contributed by atoms with Crippen LogP contribution in [-0.4, -0.2) is 46.5 Å². The topological polar surface area (TPSA) is 109 Å². The minimum Gasteiger partial charge on any atom is -0.458 e. The molecule has 3 aliphatic rings. The van der Waals surface area contributed by atoms with Gasteiger partial charge in [-0.2, -0.15) is 0 Å². The van der Waals surface area contributed by atoms with Gasteiger partial charge in [-0.3, -0.25) is 19.4 Å². The van der Waals surface area contributed by atoms with Crippen LogP contribution in [-0.2, 0) is 28.6 Å². The number of ketones is 1. The molecule has 2 fully saturated rings. The summed E-state index contributed by atoms with van der Waals surface area (Å²) in [6.45, 7) is 14.7. The van der Waals surface area contributed by atoms with Crippen molar-refractivity contribution in [2.75, 3.05) is 0 Å². The normalized spacial score (nSPS) is 34.1. The number of allylic oxidation sites excluding steroid dienone is 1. The fraction of sp³-hybridized carbons (Fsp3) is 0.567. The van der Waals surface area contributed by atoms with Crippen LogP contribution in [0.1, 0.15) is 71.2 Å². The number of carbonyl (C=O) groups is 4. The highest BCUT2D eigenvalue weighted by molar-refractivity contribution is 6.03. The molecule has 0 radical (unpaired) electrons. The van der Waals surface area contributed by atoms with Crippen LogP contribution < -0.4 is 0 Å². The Bertz CT molecular complexity index is 1190. The second-order valence-corrected chi connectivity index (χ2v) is 11.7. The summed E-state index contributed by atoms with van der Waals surface area (Å²) in [6, 6.07) is 3.21. The Hall–Kier alpha value is -3.29. The summed E-state index contributed by atoms with van der Waals surface area (Å²) in [5.74, 6) is -3.04. The van der Waals surface area contributed by atoms with Crippen molar-refractivity contribution in [1.82, 2.24) is 4.98 Å². The number of hydrogen-bond acceptors (Lipinski definition) is 8. The molecule has 38 heavy (non-hydrogen) atoms. The van der Waals surface area contributed by atoms with Crippen molar-refractivity contribution < 1.29 is 33.4 Å². The van der Waals surface area contributed by atoms with Crippen LogP contribution in [0.15, 0.2) is 48.3 Å². The lowest BCUT2D eigenvalue weighted by Gasteiger charge is -2.39. The molecule has 0 N–H and O–H groups in total. The van der Waals surface area contributed by atoms with Crippen LogP contribution >= 0.6 is 0 Å². The monoisotopic (exact) mass is 523 g/mol. The van der Waals surface area contributed by atoms with E-state index in [1.807, 2.05) is 13.0 Å². The zero-order valence-corrected chi connectivity index (χ0v) is 23.0. The summed E-state index contributed by atoms with van der Waals surface area (Å²) in [5, 5.41) is 0. The molecule has 0 amide bonds. The number of pyridine rings is 1. The first-order valence-electron chi connectivity index (χ1n) is 13.2. The van der Waals surface area contributed by atoms with Gasteiger partial charge in [0.2, 0.25) is 5.78 Å². The third-order valence-corrected chi connectivity index (χ3v) is 8.65. The minimum absolute atomic E-state index is 0.0106. The van der Waals surface area contributed by atoms with Crippen molar-refractivity contribution in [2.45, 2.75) is 78.6 Å². The lowest BCUT2D eigenvalue weighted by atomic mass is 9.76. The van der Waals surface area contributed by atoms with E-state index < -0.39 is 47.6 Å². The number of hydrogen-bond donors (Lipinski definition) is 0. The van der Waals surface area contributed by atoms with E-state index in [9.17, 15) is 19.2 Å². The van der Waals surface area contributed by atoms with Crippen LogP contribution in [0.25, 0.3) is 0 Å². The van der Waals surface area contributed by atoms with Gasteiger partial charge in [0.1, 0.15) is 12.2 Å². The standard InChI is InChI=1S/C30H37NO7/c1-16-10-11-22-23(29(22,6)7)13-17(2)27(34)30(38-20(5)33)14-18(3)26(24(30)25(16)36-19(4)32)37-28(35)21-9-8-12-31-15-21/h8-9,12-13,15,18,22-26H,1,10-11,14H2,2-7H3/t18-,22-,23+,24-,25-,26-,30+/m0/s1. The van der Waals surface area contributed by atoms with Crippen LogP contribution in [0, 0.1) is 29.1 Å². The van der Waals surface area contributed by atoms with E-state index >= 15 is 0 Å². The third-order valence-electron chi connectivity index (χ3n) is 8.65. The number of rotatable bonds is 4. The average molecular weight is 524 g/mol. The van der Waals surface area contributed by atoms with Gasteiger partial charge in [-0.25, -0.2) is 4.79 Å². The minimum atomic E-state index is -1.70. The number of carbonyl (C=O) groups excluding carboxylic acids is 4. The van der Waals surface area contributed by atoms with Gasteiger partial charge in [-0.15, -0.1) is 0 Å². The summed E-state index contributed by atoms with van der Waals surface area (Å²) in [4.78, 5) is 56.3. The molecule has 1 heterocycles. The highest BCUT2D eigenvalue weighted by atomic mass is 16.6. The molecule has 0 unspecified atom stereocenters. The smallest absolute Gasteiger partial charge is 0.339 e. The third kappa shape index (κ3) is 4.93. The molecule has 8 nitrogen and oxygen atoms in total. The molecule has 4 rings (SSSR count). The second kappa shape index (κ2) is 10.1. The Labute approximate surface area is 223 Å². The number of aromatic nitrogens is 1. The maximum absolute atomic E-state index is 14.3. The molecule has 204 valence electrons. The molecule has 7 atom stereocenters. The highest BCUT2D eigenvalue weighted by Gasteiger charge is 2.65. The predicted octanol–water partition coefficient (Wildman–Crippen LogP) is 4.63. The number of esters is 3. The number of nitrogens with zero attached hydrogens (tertiary/aromatic N) is 1. The molecule has 0 aromatic carbocycles. The quantitative estimate of drug-likeness (QED) is 0.319. The van der Waals surface area contributed by atoms with Crippen LogP contribution in [0.2, 0.25) is 0 Å². The second-order valence-electron chi connectivity index (χ2n) is 11.7. The molecular weight excluding hydrogens is 486 g/mol. The number of ether oxygens (including phenoxy) is 3. The highest BCUT2D eigenvalue weighted by Crippen LogP contribution is 2.62. The van der Waals surface area contributed by atoms with Gasteiger partial charge in [0.05, 0.1) is 11.5 Å². The zero-order chi connectivity index (χ0) is 28.0. The first kappa shape index (κ1) is 27.7. The number of fused-ring (bicyclic) bond motifs is 2. The molecule has 0 saturated heterocycles. The van der Waals surface area contributed by atoms with Gasteiger partial charge in [0, 0.05) is 32.7 Å². The Morgan fingerprint density at radius 3 is 2.45 bits per heavy atom. The van der Waals surface area contributed by atoms with Gasteiger partial charge in [0.15, 0.2) is 5.60 Å². The van der Waals surface area contributed by atoms with Crippen molar-refractivity contribution in [3.8, 4) is 0 Å². The SMILES string of the molecule is C=C1CC[C@H]2[C@@H](C=C(C)C(=O)[C@@]3(OC(C)=O)C[C@H](C)[C@H](OC(=O)c4cccnc4)[C@@H]3[C@H]1OC(C)=O)C2(C)C. The summed E-state index contributed by atoms with van der Waals surface area (Å²) in [7, 11) is 0. The first-order valence-corrected chi connectivity index (χ1v) is 13.2. The molecular formula is C30H37NO7. The van der Waals surface area contributed by atoms with Gasteiger partial charge >= 0.3 is 17.9 Å². The predicted molar refractivity (Wildman–Crippen MR) is 139 cm³/mol. The Morgan fingerprint density at radius 1 is 1.13 bits per heavy atom. The average Bonchev–Trinajstić information content (AvgIpc) is 3.24. The summed E-state index contributed by atoms with van der Waals surface area (Å²) < 4.78 is 17.8. The molecule has 8 heteroatoms. The van der Waals surface area contributed by atoms with Crippen molar-refractivity contribution >= 4 is 23.7 Å². The van der Waals surface area contributed by atoms with E-state index in [1.165, 1.54) is 20.0 Å². The first-order chi connectivity index (χ1) is 17.8. The van der Waals surface area contributed by atoms with Crippen molar-refractivity contribution in [2.24, 2.45) is 29.1 Å². The Morgan fingerprint density at radius 2 is 1.84 bits per heavy atom. The van der Waals surface area contributed by atoms with Gasteiger partial charge in [-0.1, -0.05) is 33.4 Å². The fourth-order valence-electron chi connectivity index (χ4n) is 6.71. The molecule has 1 aromatic heterocycles. The maximum atomic E-state index is 14.3. The Kier molecular flexibility index (Phi) is 7.38. The van der Waals surface area contributed by atoms with Gasteiger partial charge in [0.25, 0.3) is 0 Å². The summed E-state index contributed by atoms with van der Waals surface area (Å²) >= 11 is 0. The van der Waals surface area contributed by atoms with E-state index in [4.69, 9.17) is 14.2 Å². The van der Waals surface area contributed by atoms with Crippen LogP contribution in [0.3, 0.4) is 0 Å². The molecule has 3 aliphatic carbocycles. The molecule has 1 aromatic rings. The maximum Gasteiger partial charge on any atom is 0.339 e. The molecule has 0 bridgehead atoms. The molecule has 0 spiro atoms. The zero-order valence-electron chi connectivity index (χ0n) is 23.0. The van der Waals surface area contributed by atoms with E-state index in [-0.39, 0.29) is 29.1 Å². The largest absolute Gasteiger partial charge is 0.458 e. The fourth-order valence-corrected chi connectivity index (χ4v) is 6.71. The molecule has 2 saturated carbocycles. The van der Waals surface area contributed by atoms with E-state index in [1.54, 1.807) is 25.3 Å². The van der Waals surface area contributed by atoms with E-state index in [0.717, 1.165) is 6.42 Å². The van der Waals surface area contributed by atoms with Crippen LogP contribution in [0.5, 0.6) is 0 Å². The summed E-state index contributed by atoms with van der Waals surface area (Å²) in [6.07, 6.45) is 4.49. The van der Waals surface area contributed by atoms with E-state index in [0.29, 0.717) is 23.5 Å². The van der Waals surface area contributed by atoms with Crippen LogP contribution in [0.4, 0.5) is 0 Å². The summed E-state index contributed by atoms with van der Waals surface area (Å²) in [5.41, 5.74) is -0.358.